The second kappa shape index (κ2) is 10.5. The van der Waals surface area contributed by atoms with Gasteiger partial charge in [0.1, 0.15) is 5.56 Å². The summed E-state index contributed by atoms with van der Waals surface area (Å²) in [5.41, 5.74) is -0.329. The Labute approximate surface area is 141 Å². The molecule has 0 saturated heterocycles. The summed E-state index contributed by atoms with van der Waals surface area (Å²) in [5, 5.41) is 21.1. The van der Waals surface area contributed by atoms with Gasteiger partial charge < -0.3 is 19.7 Å². The highest BCUT2D eigenvalue weighted by Crippen LogP contribution is 2.27. The molecule has 134 valence electrons. The van der Waals surface area contributed by atoms with E-state index in [-0.39, 0.29) is 11.3 Å². The third-order valence-corrected chi connectivity index (χ3v) is 3.38. The Bertz CT molecular complexity index is 546. The Kier molecular flexibility index (Phi) is 8.64. The first kappa shape index (κ1) is 19.8. The number of carbonyl (C=O) groups is 2. The van der Waals surface area contributed by atoms with Gasteiger partial charge >= 0.3 is 12.1 Å². The molecular weight excluding hydrogens is 314 g/mol. The van der Waals surface area contributed by atoms with Crippen molar-refractivity contribution in [1.29, 1.82) is 0 Å². The minimum atomic E-state index is -1.29. The third-order valence-electron chi connectivity index (χ3n) is 3.38. The van der Waals surface area contributed by atoms with E-state index < -0.39 is 24.1 Å². The van der Waals surface area contributed by atoms with Crippen LogP contribution in [0.1, 0.15) is 56.3 Å². The molecule has 1 aromatic rings. The number of aromatic carboxylic acids is 1. The average Bonchev–Trinajstić information content (AvgIpc) is 2.55. The topological polar surface area (TPSA) is 105 Å². The van der Waals surface area contributed by atoms with Crippen LogP contribution in [0.15, 0.2) is 18.2 Å². The molecule has 0 aliphatic carbocycles. The van der Waals surface area contributed by atoms with Crippen molar-refractivity contribution in [2.45, 2.75) is 52.2 Å². The number of carboxylic acid groups (broad SMARTS) is 1. The van der Waals surface area contributed by atoms with Gasteiger partial charge in [-0.3, -0.25) is 5.32 Å². The van der Waals surface area contributed by atoms with Crippen LogP contribution in [0.5, 0.6) is 5.75 Å². The summed E-state index contributed by atoms with van der Waals surface area (Å²) in [5.74, 6) is -1.80. The first-order valence-corrected chi connectivity index (χ1v) is 8.14. The van der Waals surface area contributed by atoms with Crippen LogP contribution in [-0.4, -0.2) is 35.2 Å². The maximum absolute atomic E-state index is 11.9. The predicted molar refractivity (Wildman–Crippen MR) is 89.3 cm³/mol. The number of anilines is 1. The van der Waals surface area contributed by atoms with Crippen LogP contribution in [0.25, 0.3) is 0 Å². The minimum absolute atomic E-state index is 0.0299. The van der Waals surface area contributed by atoms with Gasteiger partial charge in [-0.15, -0.1) is 0 Å². The third kappa shape index (κ3) is 6.45. The highest BCUT2D eigenvalue weighted by atomic mass is 16.7. The molecular formula is C17H25NO6. The van der Waals surface area contributed by atoms with E-state index >= 15 is 0 Å². The number of carbonyl (C=O) groups excluding carboxylic acids is 1. The SMILES string of the molecule is CCCCCCOC(CC)OC(=O)Nc1cccc(C(=O)O)c1O. The molecule has 0 heterocycles. The van der Waals surface area contributed by atoms with Crippen molar-refractivity contribution in [3.05, 3.63) is 23.8 Å². The van der Waals surface area contributed by atoms with E-state index in [0.717, 1.165) is 25.7 Å². The molecule has 1 atom stereocenters. The number of benzene rings is 1. The molecule has 24 heavy (non-hydrogen) atoms. The number of ether oxygens (including phenoxy) is 2. The van der Waals surface area contributed by atoms with Crippen LogP contribution in [0.2, 0.25) is 0 Å². The van der Waals surface area contributed by atoms with Gasteiger partial charge in [0, 0.05) is 6.42 Å². The lowest BCUT2D eigenvalue weighted by atomic mass is 10.2. The van der Waals surface area contributed by atoms with Crippen LogP contribution in [0, 0.1) is 0 Å². The van der Waals surface area contributed by atoms with Gasteiger partial charge in [-0.25, -0.2) is 9.59 Å². The number of unbranched alkanes of at least 4 members (excludes halogenated alkanes) is 3. The van der Waals surface area contributed by atoms with Gasteiger partial charge in [-0.05, 0) is 18.6 Å². The number of phenols is 1. The van der Waals surface area contributed by atoms with E-state index in [4.69, 9.17) is 14.6 Å². The average molecular weight is 339 g/mol. The molecule has 1 aromatic carbocycles. The molecule has 3 N–H and O–H groups in total. The van der Waals surface area contributed by atoms with E-state index in [9.17, 15) is 14.7 Å². The first-order valence-electron chi connectivity index (χ1n) is 8.14. The number of nitrogens with one attached hydrogen (secondary N) is 1. The fourth-order valence-corrected chi connectivity index (χ4v) is 2.05. The number of hydrogen-bond acceptors (Lipinski definition) is 5. The van der Waals surface area contributed by atoms with Crippen molar-refractivity contribution < 1.29 is 29.3 Å². The van der Waals surface area contributed by atoms with Crippen molar-refractivity contribution >= 4 is 17.7 Å². The highest BCUT2D eigenvalue weighted by molar-refractivity contribution is 5.96. The lowest BCUT2D eigenvalue weighted by Crippen LogP contribution is -2.25. The smallest absolute Gasteiger partial charge is 0.414 e. The number of para-hydroxylation sites is 1. The van der Waals surface area contributed by atoms with Crippen molar-refractivity contribution in [3.8, 4) is 5.75 Å². The minimum Gasteiger partial charge on any atom is -0.505 e. The van der Waals surface area contributed by atoms with Crippen molar-refractivity contribution in [1.82, 2.24) is 0 Å². The van der Waals surface area contributed by atoms with Crippen molar-refractivity contribution in [3.63, 3.8) is 0 Å². The Balaban J connectivity index is 2.52. The fraction of sp³-hybridized carbons (Fsp3) is 0.529. The van der Waals surface area contributed by atoms with Crippen LogP contribution in [0.4, 0.5) is 10.5 Å². The number of carboxylic acids is 1. The number of aromatic hydroxyl groups is 1. The van der Waals surface area contributed by atoms with E-state index in [1.165, 1.54) is 18.2 Å². The molecule has 1 amide bonds. The summed E-state index contributed by atoms with van der Waals surface area (Å²) < 4.78 is 10.6. The molecule has 1 rings (SSSR count). The second-order valence-corrected chi connectivity index (χ2v) is 5.31. The molecule has 0 aromatic heterocycles. The zero-order chi connectivity index (χ0) is 17.9. The van der Waals surface area contributed by atoms with Crippen LogP contribution in [-0.2, 0) is 9.47 Å². The zero-order valence-corrected chi connectivity index (χ0v) is 14.1. The molecule has 0 fully saturated rings. The monoisotopic (exact) mass is 339 g/mol. The molecule has 0 aliphatic heterocycles. The van der Waals surface area contributed by atoms with Crippen molar-refractivity contribution in [2.75, 3.05) is 11.9 Å². The van der Waals surface area contributed by atoms with Crippen LogP contribution in [0.3, 0.4) is 0 Å². The molecule has 0 aliphatic rings. The number of amides is 1. The standard InChI is InChI=1S/C17H25NO6/c1-3-5-6-7-11-23-14(4-2)24-17(22)18-13-10-8-9-12(15(13)19)16(20)21/h8-10,14,19H,3-7,11H2,1-2H3,(H,18,22)(H,20,21). The highest BCUT2D eigenvalue weighted by Gasteiger charge is 2.17. The maximum Gasteiger partial charge on any atom is 0.414 e. The molecule has 0 spiro atoms. The molecule has 0 saturated carbocycles. The maximum atomic E-state index is 11.9. The number of rotatable bonds is 10. The Morgan fingerprint density at radius 3 is 2.58 bits per heavy atom. The summed E-state index contributed by atoms with van der Waals surface area (Å²) in [6.07, 6.45) is 3.23. The van der Waals surface area contributed by atoms with Crippen LogP contribution < -0.4 is 5.32 Å². The van der Waals surface area contributed by atoms with Gasteiger partial charge in [-0.2, -0.15) is 0 Å². The van der Waals surface area contributed by atoms with Crippen molar-refractivity contribution in [2.24, 2.45) is 0 Å². The van der Waals surface area contributed by atoms with Gasteiger partial charge in [0.05, 0.1) is 12.3 Å². The van der Waals surface area contributed by atoms with E-state index in [0.29, 0.717) is 13.0 Å². The zero-order valence-electron chi connectivity index (χ0n) is 14.1. The lowest BCUT2D eigenvalue weighted by Gasteiger charge is -2.17. The molecule has 0 radical (unpaired) electrons. The summed E-state index contributed by atoms with van der Waals surface area (Å²) >= 11 is 0. The summed E-state index contributed by atoms with van der Waals surface area (Å²) in [6.45, 7) is 4.45. The Hall–Kier alpha value is -2.28. The van der Waals surface area contributed by atoms with E-state index in [1.807, 2.05) is 6.92 Å². The van der Waals surface area contributed by atoms with E-state index in [1.54, 1.807) is 0 Å². The van der Waals surface area contributed by atoms with Gasteiger partial charge in [0.2, 0.25) is 6.29 Å². The second-order valence-electron chi connectivity index (χ2n) is 5.31. The molecule has 0 bridgehead atoms. The summed E-state index contributed by atoms with van der Waals surface area (Å²) in [4.78, 5) is 22.8. The fourth-order valence-electron chi connectivity index (χ4n) is 2.05. The Morgan fingerprint density at radius 1 is 1.21 bits per heavy atom. The predicted octanol–water partition coefficient (Wildman–Crippen LogP) is 3.97. The normalized spacial score (nSPS) is 11.8. The summed E-state index contributed by atoms with van der Waals surface area (Å²) in [7, 11) is 0. The van der Waals surface area contributed by atoms with Gasteiger partial charge in [0.25, 0.3) is 0 Å². The van der Waals surface area contributed by atoms with Gasteiger partial charge in [-0.1, -0.05) is 39.2 Å². The van der Waals surface area contributed by atoms with Gasteiger partial charge in [0.15, 0.2) is 5.75 Å². The quantitative estimate of drug-likeness (QED) is 0.338. The largest absolute Gasteiger partial charge is 0.505 e. The van der Waals surface area contributed by atoms with Crippen LogP contribution >= 0.6 is 0 Å². The molecule has 1 unspecified atom stereocenters. The summed E-state index contributed by atoms with van der Waals surface area (Å²) in [6, 6.07) is 4.04. The number of hydrogen-bond donors (Lipinski definition) is 3. The molecule has 7 nitrogen and oxygen atoms in total. The first-order chi connectivity index (χ1) is 11.5. The Morgan fingerprint density at radius 2 is 1.96 bits per heavy atom. The lowest BCUT2D eigenvalue weighted by molar-refractivity contribution is -0.102. The van der Waals surface area contributed by atoms with E-state index in [2.05, 4.69) is 12.2 Å². The molecule has 7 heteroatoms.